The molecule has 0 unspecified atom stereocenters. The van der Waals surface area contributed by atoms with Crippen molar-refractivity contribution in [1.29, 1.82) is 0 Å². The number of nitrogens with zero attached hydrogens (tertiary/aromatic N) is 4. The fourth-order valence-electron chi connectivity index (χ4n) is 1.16. The molecule has 0 radical (unpaired) electrons. The highest BCUT2D eigenvalue weighted by Gasteiger charge is 2.08. The Morgan fingerprint density at radius 2 is 2.21 bits per heavy atom. The van der Waals surface area contributed by atoms with E-state index in [0.717, 1.165) is 15.7 Å². The molecule has 1 aromatic heterocycles. The largest absolute Gasteiger partial charge is 0.366 e. The van der Waals surface area contributed by atoms with Crippen molar-refractivity contribution in [1.82, 2.24) is 20.2 Å². The quantitative estimate of drug-likeness (QED) is 0.833. The Morgan fingerprint density at radius 1 is 1.43 bits per heavy atom. The van der Waals surface area contributed by atoms with E-state index in [4.69, 9.17) is 5.73 Å². The number of tetrazole rings is 1. The average Bonchev–Trinajstić information content (AvgIpc) is 2.57. The van der Waals surface area contributed by atoms with Gasteiger partial charge in [0, 0.05) is 4.47 Å². The molecule has 0 saturated heterocycles. The van der Waals surface area contributed by atoms with E-state index in [1.807, 2.05) is 25.1 Å². The van der Waals surface area contributed by atoms with E-state index in [1.54, 1.807) is 0 Å². The Kier molecular flexibility index (Phi) is 2.20. The van der Waals surface area contributed by atoms with Crippen LogP contribution in [-0.2, 0) is 0 Å². The van der Waals surface area contributed by atoms with Crippen LogP contribution in [0.15, 0.2) is 22.7 Å². The second-order valence-corrected chi connectivity index (χ2v) is 3.65. The first-order chi connectivity index (χ1) is 6.70. The summed E-state index contributed by atoms with van der Waals surface area (Å²) in [6, 6.07) is 5.81. The fourth-order valence-corrected chi connectivity index (χ4v) is 1.59. The van der Waals surface area contributed by atoms with Gasteiger partial charge in [-0.1, -0.05) is 17.2 Å². The number of aromatic nitrogens is 4. The monoisotopic (exact) mass is 253 g/mol. The molecule has 2 N–H and O–H groups in total. The Labute approximate surface area is 89.0 Å². The average molecular weight is 254 g/mol. The molecule has 1 heterocycles. The SMILES string of the molecule is Cc1cccc(-n2nnnc2N)c1Br. The van der Waals surface area contributed by atoms with Crippen LogP contribution in [0.3, 0.4) is 0 Å². The molecule has 0 atom stereocenters. The molecular formula is C8H8BrN5. The number of nitrogen functional groups attached to an aromatic ring is 1. The number of aryl methyl sites for hydroxylation is 1. The Balaban J connectivity index is 2.63. The smallest absolute Gasteiger partial charge is 0.245 e. The zero-order chi connectivity index (χ0) is 10.1. The third-order valence-electron chi connectivity index (χ3n) is 1.89. The second kappa shape index (κ2) is 3.38. The van der Waals surface area contributed by atoms with Crippen molar-refractivity contribution in [3.63, 3.8) is 0 Å². The van der Waals surface area contributed by atoms with Crippen molar-refractivity contribution in [2.45, 2.75) is 6.92 Å². The van der Waals surface area contributed by atoms with Crippen LogP contribution in [0.1, 0.15) is 5.56 Å². The minimum absolute atomic E-state index is 0.274. The molecule has 6 heteroatoms. The molecular weight excluding hydrogens is 246 g/mol. The molecule has 0 saturated carbocycles. The van der Waals surface area contributed by atoms with Crippen molar-refractivity contribution in [3.05, 3.63) is 28.2 Å². The summed E-state index contributed by atoms with van der Waals surface area (Å²) in [6.45, 7) is 1.99. The molecule has 0 aliphatic heterocycles. The van der Waals surface area contributed by atoms with Gasteiger partial charge in [-0.25, -0.2) is 0 Å². The minimum Gasteiger partial charge on any atom is -0.366 e. The van der Waals surface area contributed by atoms with Crippen molar-refractivity contribution < 1.29 is 0 Å². The molecule has 2 aromatic rings. The Morgan fingerprint density at radius 3 is 2.86 bits per heavy atom. The zero-order valence-electron chi connectivity index (χ0n) is 7.48. The van der Waals surface area contributed by atoms with E-state index in [-0.39, 0.29) is 5.95 Å². The maximum atomic E-state index is 5.60. The Bertz CT molecular complexity index is 465. The van der Waals surface area contributed by atoms with Gasteiger partial charge in [0.2, 0.25) is 5.95 Å². The minimum atomic E-state index is 0.274. The first-order valence-electron chi connectivity index (χ1n) is 3.99. The summed E-state index contributed by atoms with van der Waals surface area (Å²) in [4.78, 5) is 0. The topological polar surface area (TPSA) is 69.6 Å². The van der Waals surface area contributed by atoms with Crippen LogP contribution in [0.2, 0.25) is 0 Å². The molecule has 72 valence electrons. The zero-order valence-corrected chi connectivity index (χ0v) is 9.06. The number of rotatable bonds is 1. The summed E-state index contributed by atoms with van der Waals surface area (Å²) >= 11 is 3.46. The molecule has 0 spiro atoms. The standard InChI is InChI=1S/C8H8BrN5/c1-5-3-2-4-6(7(5)9)14-8(10)11-12-13-14/h2-4H,1H3,(H2,10,11,13). The lowest BCUT2D eigenvalue weighted by atomic mass is 10.2. The molecule has 2 rings (SSSR count). The molecule has 0 bridgehead atoms. The highest BCUT2D eigenvalue weighted by molar-refractivity contribution is 9.10. The van der Waals surface area contributed by atoms with Gasteiger partial charge in [0.1, 0.15) is 0 Å². The number of nitrogens with two attached hydrogens (primary N) is 1. The van der Waals surface area contributed by atoms with Crippen molar-refractivity contribution >= 4 is 21.9 Å². The van der Waals surface area contributed by atoms with Crippen LogP contribution in [0, 0.1) is 6.92 Å². The van der Waals surface area contributed by atoms with Crippen molar-refractivity contribution in [3.8, 4) is 5.69 Å². The Hall–Kier alpha value is -1.43. The number of hydrogen-bond donors (Lipinski definition) is 1. The highest BCUT2D eigenvalue weighted by Crippen LogP contribution is 2.24. The summed E-state index contributed by atoms with van der Waals surface area (Å²) < 4.78 is 2.43. The summed E-state index contributed by atoms with van der Waals surface area (Å²) in [5.74, 6) is 0.274. The van der Waals surface area contributed by atoms with Gasteiger partial charge in [0.25, 0.3) is 0 Å². The van der Waals surface area contributed by atoms with Gasteiger partial charge in [-0.3, -0.25) is 0 Å². The van der Waals surface area contributed by atoms with Gasteiger partial charge in [0.05, 0.1) is 5.69 Å². The van der Waals surface area contributed by atoms with Gasteiger partial charge in [-0.2, -0.15) is 4.68 Å². The van der Waals surface area contributed by atoms with Gasteiger partial charge in [-0.15, -0.1) is 0 Å². The van der Waals surface area contributed by atoms with E-state index in [0.29, 0.717) is 0 Å². The van der Waals surface area contributed by atoms with Crippen LogP contribution in [-0.4, -0.2) is 20.2 Å². The first kappa shape index (κ1) is 9.14. The van der Waals surface area contributed by atoms with Crippen LogP contribution in [0.25, 0.3) is 5.69 Å². The number of halogens is 1. The van der Waals surface area contributed by atoms with E-state index < -0.39 is 0 Å². The maximum Gasteiger partial charge on any atom is 0.245 e. The van der Waals surface area contributed by atoms with E-state index >= 15 is 0 Å². The number of anilines is 1. The van der Waals surface area contributed by atoms with Gasteiger partial charge < -0.3 is 5.73 Å². The van der Waals surface area contributed by atoms with E-state index in [2.05, 4.69) is 31.5 Å². The molecule has 1 aromatic carbocycles. The van der Waals surface area contributed by atoms with E-state index in [1.165, 1.54) is 4.68 Å². The van der Waals surface area contributed by atoms with Gasteiger partial charge in [0.15, 0.2) is 0 Å². The summed E-state index contributed by atoms with van der Waals surface area (Å²) in [5.41, 5.74) is 7.55. The van der Waals surface area contributed by atoms with Crippen molar-refractivity contribution in [2.24, 2.45) is 0 Å². The second-order valence-electron chi connectivity index (χ2n) is 2.86. The van der Waals surface area contributed by atoms with Crippen molar-refractivity contribution in [2.75, 3.05) is 5.73 Å². The molecule has 0 amide bonds. The summed E-state index contributed by atoms with van der Waals surface area (Å²) in [5, 5.41) is 10.9. The van der Waals surface area contributed by atoms with Crippen LogP contribution in [0.5, 0.6) is 0 Å². The molecule has 5 nitrogen and oxygen atoms in total. The third-order valence-corrected chi connectivity index (χ3v) is 2.92. The lowest BCUT2D eigenvalue weighted by Gasteiger charge is -2.05. The normalized spacial score (nSPS) is 10.4. The predicted molar refractivity (Wildman–Crippen MR) is 56.0 cm³/mol. The lowest BCUT2D eigenvalue weighted by molar-refractivity contribution is 0.789. The van der Waals surface area contributed by atoms with Crippen LogP contribution in [0.4, 0.5) is 5.95 Å². The fraction of sp³-hybridized carbons (Fsp3) is 0.125. The molecule has 0 aliphatic rings. The third kappa shape index (κ3) is 1.37. The summed E-state index contributed by atoms with van der Waals surface area (Å²) in [7, 11) is 0. The number of benzene rings is 1. The number of hydrogen-bond acceptors (Lipinski definition) is 4. The lowest BCUT2D eigenvalue weighted by Crippen LogP contribution is -2.03. The van der Waals surface area contributed by atoms with Gasteiger partial charge >= 0.3 is 0 Å². The predicted octanol–water partition coefficient (Wildman–Crippen LogP) is 1.32. The molecule has 14 heavy (non-hydrogen) atoms. The summed E-state index contributed by atoms with van der Waals surface area (Å²) in [6.07, 6.45) is 0. The van der Waals surface area contributed by atoms with Crippen LogP contribution >= 0.6 is 15.9 Å². The first-order valence-corrected chi connectivity index (χ1v) is 4.79. The molecule has 0 fully saturated rings. The van der Waals surface area contributed by atoms with Gasteiger partial charge in [-0.05, 0) is 44.9 Å². The molecule has 0 aliphatic carbocycles. The highest BCUT2D eigenvalue weighted by atomic mass is 79.9. The maximum absolute atomic E-state index is 5.60. The van der Waals surface area contributed by atoms with Crippen LogP contribution < -0.4 is 5.73 Å². The van der Waals surface area contributed by atoms with E-state index in [9.17, 15) is 0 Å².